The number of ether oxygens (including phenoxy) is 2. The minimum Gasteiger partial charge on any atom is -0.495 e. The van der Waals surface area contributed by atoms with Crippen LogP contribution in [0.4, 0.5) is 11.5 Å². The Morgan fingerprint density at radius 1 is 1.44 bits per heavy atom. The van der Waals surface area contributed by atoms with Crippen LogP contribution in [-0.4, -0.2) is 37.1 Å². The molecule has 7 nitrogen and oxygen atoms in total. The molecule has 1 aromatic heterocycles. The smallest absolute Gasteiger partial charge is 0.266 e. The molecule has 1 N–H and O–H groups in total. The lowest BCUT2D eigenvalue weighted by Gasteiger charge is -2.27. The average molecular weight is 427 g/mol. The molecule has 2 aromatic rings. The van der Waals surface area contributed by atoms with Crippen LogP contribution in [0.15, 0.2) is 34.9 Å². The second kappa shape index (κ2) is 7.28. The van der Waals surface area contributed by atoms with E-state index >= 15 is 0 Å². The summed E-state index contributed by atoms with van der Waals surface area (Å²) in [4.78, 5) is 30.1. The monoisotopic (exact) mass is 425 g/mol. The van der Waals surface area contributed by atoms with Crippen molar-refractivity contribution < 1.29 is 19.1 Å². The number of methoxy groups -OCH3 is 1. The van der Waals surface area contributed by atoms with Crippen LogP contribution in [0.5, 0.6) is 11.5 Å². The van der Waals surface area contributed by atoms with Gasteiger partial charge in [0.2, 0.25) is 5.91 Å². The first-order valence-corrected chi connectivity index (χ1v) is 8.38. The number of halogens is 2. The topological polar surface area (TPSA) is 80.8 Å². The van der Waals surface area contributed by atoms with Crippen molar-refractivity contribution in [2.45, 2.75) is 0 Å². The maximum Gasteiger partial charge on any atom is 0.266 e. The number of carbonyl (C=O) groups is 2. The lowest BCUT2D eigenvalue weighted by molar-refractivity contribution is -0.123. The minimum absolute atomic E-state index is 0.149. The molecule has 9 heteroatoms. The van der Waals surface area contributed by atoms with Gasteiger partial charge in [-0.3, -0.25) is 14.5 Å². The van der Waals surface area contributed by atoms with E-state index in [1.54, 1.807) is 30.3 Å². The van der Waals surface area contributed by atoms with Crippen LogP contribution in [-0.2, 0) is 9.59 Å². The van der Waals surface area contributed by atoms with Gasteiger partial charge in [0.1, 0.15) is 16.9 Å². The minimum atomic E-state index is -0.413. The van der Waals surface area contributed by atoms with E-state index < -0.39 is 5.91 Å². The summed E-state index contributed by atoms with van der Waals surface area (Å²) in [6, 6.07) is 8.25. The van der Waals surface area contributed by atoms with E-state index in [9.17, 15) is 9.59 Å². The first-order valence-electron chi connectivity index (χ1n) is 7.21. The first-order chi connectivity index (χ1) is 12.0. The summed E-state index contributed by atoms with van der Waals surface area (Å²) in [5.41, 5.74) is 0.420. The normalized spacial score (nSPS) is 13.1. The van der Waals surface area contributed by atoms with Gasteiger partial charge < -0.3 is 14.8 Å². The van der Waals surface area contributed by atoms with Gasteiger partial charge in [0.15, 0.2) is 18.2 Å². The molecule has 130 valence electrons. The number of hydrogen-bond donors (Lipinski definition) is 1. The highest BCUT2D eigenvalue weighted by atomic mass is 79.9. The summed E-state index contributed by atoms with van der Waals surface area (Å²) < 4.78 is 11.1. The highest BCUT2D eigenvalue weighted by molar-refractivity contribution is 9.10. The summed E-state index contributed by atoms with van der Waals surface area (Å²) in [5, 5.41) is 3.15. The van der Waals surface area contributed by atoms with Crippen molar-refractivity contribution in [3.8, 4) is 11.5 Å². The van der Waals surface area contributed by atoms with Crippen molar-refractivity contribution in [1.82, 2.24) is 4.98 Å². The van der Waals surface area contributed by atoms with Crippen molar-refractivity contribution in [3.05, 3.63) is 40.0 Å². The fraction of sp³-hybridized carbons (Fsp3) is 0.188. The molecule has 0 saturated heterocycles. The highest BCUT2D eigenvalue weighted by Crippen LogP contribution is 2.32. The van der Waals surface area contributed by atoms with Gasteiger partial charge in [0, 0.05) is 5.02 Å². The van der Waals surface area contributed by atoms with Crippen LogP contribution >= 0.6 is 27.5 Å². The van der Waals surface area contributed by atoms with Crippen molar-refractivity contribution >= 4 is 50.9 Å². The lowest BCUT2D eigenvalue weighted by Crippen LogP contribution is -2.44. The predicted octanol–water partition coefficient (Wildman–Crippen LogP) is 2.87. The zero-order valence-electron chi connectivity index (χ0n) is 13.1. The molecule has 0 fully saturated rings. The molecule has 0 radical (unpaired) electrons. The van der Waals surface area contributed by atoms with Crippen LogP contribution in [0.1, 0.15) is 0 Å². The number of pyridine rings is 1. The molecule has 1 aliphatic heterocycles. The Morgan fingerprint density at radius 2 is 2.24 bits per heavy atom. The molecule has 25 heavy (non-hydrogen) atoms. The number of hydrogen-bond acceptors (Lipinski definition) is 5. The molecule has 0 aliphatic carbocycles. The van der Waals surface area contributed by atoms with Crippen LogP contribution in [0.3, 0.4) is 0 Å². The summed E-state index contributed by atoms with van der Waals surface area (Å²) in [6.07, 6.45) is 0. The van der Waals surface area contributed by atoms with Gasteiger partial charge in [0.05, 0.1) is 12.8 Å². The number of rotatable bonds is 4. The summed E-state index contributed by atoms with van der Waals surface area (Å²) in [6.45, 7) is -0.363. The van der Waals surface area contributed by atoms with E-state index in [0.29, 0.717) is 32.6 Å². The molecule has 2 heterocycles. The molecule has 0 spiro atoms. The van der Waals surface area contributed by atoms with Gasteiger partial charge in [-0.15, -0.1) is 0 Å². The first kappa shape index (κ1) is 17.5. The molecule has 0 unspecified atom stereocenters. The predicted molar refractivity (Wildman–Crippen MR) is 96.4 cm³/mol. The maximum atomic E-state index is 12.4. The second-order valence-corrected chi connectivity index (χ2v) is 6.37. The quantitative estimate of drug-likeness (QED) is 0.761. The van der Waals surface area contributed by atoms with Gasteiger partial charge in [-0.25, -0.2) is 4.98 Å². The number of amides is 2. The van der Waals surface area contributed by atoms with Gasteiger partial charge >= 0.3 is 0 Å². The number of nitrogens with zero attached hydrogens (tertiary/aromatic N) is 2. The number of anilines is 2. The maximum absolute atomic E-state index is 12.4. The lowest BCUT2D eigenvalue weighted by atomic mass is 10.2. The molecule has 0 bridgehead atoms. The molecule has 1 aliphatic rings. The van der Waals surface area contributed by atoms with Crippen molar-refractivity contribution in [2.75, 3.05) is 30.5 Å². The zero-order valence-corrected chi connectivity index (χ0v) is 15.4. The Hall–Kier alpha value is -2.32. The Labute approximate surface area is 157 Å². The highest BCUT2D eigenvalue weighted by Gasteiger charge is 2.29. The molecule has 0 saturated carbocycles. The largest absolute Gasteiger partial charge is 0.495 e. The van der Waals surface area contributed by atoms with E-state index in [4.69, 9.17) is 21.1 Å². The van der Waals surface area contributed by atoms with Gasteiger partial charge in [-0.1, -0.05) is 11.6 Å². The molecule has 2 amide bonds. The van der Waals surface area contributed by atoms with Crippen molar-refractivity contribution in [1.29, 1.82) is 0 Å². The second-order valence-electron chi connectivity index (χ2n) is 5.12. The van der Waals surface area contributed by atoms with E-state index in [1.165, 1.54) is 12.0 Å². The van der Waals surface area contributed by atoms with E-state index in [1.807, 2.05) is 0 Å². The molecule has 3 rings (SSSR count). The summed E-state index contributed by atoms with van der Waals surface area (Å²) in [7, 11) is 1.49. The SMILES string of the molecule is COc1ccc(Cl)cc1NC(=O)CN1C(=O)COc2ccc(Br)nc21. The van der Waals surface area contributed by atoms with Crippen LogP contribution in [0.25, 0.3) is 0 Å². The van der Waals surface area contributed by atoms with Gasteiger partial charge in [0.25, 0.3) is 5.91 Å². The number of fused-ring (bicyclic) bond motifs is 1. The van der Waals surface area contributed by atoms with Gasteiger partial charge in [-0.05, 0) is 46.3 Å². The fourth-order valence-electron chi connectivity index (χ4n) is 2.33. The number of aromatic nitrogens is 1. The fourth-order valence-corrected chi connectivity index (χ4v) is 2.80. The van der Waals surface area contributed by atoms with Crippen LogP contribution < -0.4 is 19.7 Å². The average Bonchev–Trinajstić information content (AvgIpc) is 2.58. The van der Waals surface area contributed by atoms with Crippen LogP contribution in [0.2, 0.25) is 5.02 Å². The molecular weight excluding hydrogens is 414 g/mol. The third-order valence-corrected chi connectivity index (χ3v) is 4.13. The standard InChI is InChI=1S/C16H13BrClN3O4/c1-24-11-3-2-9(18)6-10(11)19-14(22)7-21-15(23)8-25-12-4-5-13(17)20-16(12)21/h2-6H,7-8H2,1H3,(H,19,22). The number of benzene rings is 1. The van der Waals surface area contributed by atoms with E-state index in [-0.39, 0.29) is 19.1 Å². The van der Waals surface area contributed by atoms with Crippen molar-refractivity contribution in [2.24, 2.45) is 0 Å². The van der Waals surface area contributed by atoms with Crippen LogP contribution in [0, 0.1) is 0 Å². The van der Waals surface area contributed by atoms with E-state index in [2.05, 4.69) is 26.2 Å². The summed E-state index contributed by atoms with van der Waals surface area (Å²) in [5.74, 6) is 0.428. The van der Waals surface area contributed by atoms with Crippen molar-refractivity contribution in [3.63, 3.8) is 0 Å². The van der Waals surface area contributed by atoms with Gasteiger partial charge in [-0.2, -0.15) is 0 Å². The molecule has 1 aromatic carbocycles. The third-order valence-electron chi connectivity index (χ3n) is 3.45. The molecule has 0 atom stereocenters. The Bertz CT molecular complexity index is 846. The summed E-state index contributed by atoms with van der Waals surface area (Å²) >= 11 is 9.20. The number of carbonyl (C=O) groups excluding carboxylic acids is 2. The third kappa shape index (κ3) is 3.85. The Kier molecular flexibility index (Phi) is 5.10. The number of nitrogens with one attached hydrogen (secondary N) is 1. The molecular formula is C16H13BrClN3O4. The Balaban J connectivity index is 1.81. The Morgan fingerprint density at radius 3 is 3.00 bits per heavy atom. The zero-order chi connectivity index (χ0) is 18.0. The van der Waals surface area contributed by atoms with E-state index in [0.717, 1.165) is 0 Å².